The highest BCUT2D eigenvalue weighted by molar-refractivity contribution is 6.06. The number of hydrogen-bond acceptors (Lipinski definition) is 7. The standard InChI is InChI=1S/C29H36F3N7O2/c1-17-9-10-19(12-26(17)39(34)16-24(33)23-15-36-38(3)18(23)2)28(40)37-25-13-21(29(30,31)32)11-20(27(25)41-4)14-35-22-7-5-6-8-22/h9-13,15-16,22,35H,5-8,14,33-34H2,1-4H3,(H,37,40)/b24-16-. The van der Waals surface area contributed by atoms with Crippen molar-refractivity contribution in [3.8, 4) is 5.75 Å². The highest BCUT2D eigenvalue weighted by Crippen LogP contribution is 2.38. The second-order valence-corrected chi connectivity index (χ2v) is 10.3. The SMILES string of the molecule is COc1c(CNC2CCCC2)cc(C(F)(F)F)cc1NC(=O)c1ccc(C)c(N(N)/C=C(\N)c2cnn(C)c2C)c1. The number of ether oxygens (including phenoxy) is 1. The molecule has 0 radical (unpaired) electrons. The Morgan fingerprint density at radius 3 is 2.54 bits per heavy atom. The molecule has 12 heteroatoms. The van der Waals surface area contributed by atoms with Gasteiger partial charge >= 0.3 is 6.18 Å². The Hall–Kier alpha value is -4.03. The molecule has 1 amide bonds. The zero-order valence-electron chi connectivity index (χ0n) is 23.6. The Morgan fingerprint density at radius 1 is 1.22 bits per heavy atom. The topological polar surface area (TPSA) is 123 Å². The van der Waals surface area contributed by atoms with Crippen molar-refractivity contribution in [2.45, 2.75) is 58.3 Å². The number of hydrogen-bond donors (Lipinski definition) is 4. The minimum Gasteiger partial charge on any atom is -0.494 e. The van der Waals surface area contributed by atoms with Crippen LogP contribution in [0.5, 0.6) is 5.75 Å². The number of alkyl halides is 3. The lowest BCUT2D eigenvalue weighted by Crippen LogP contribution is -2.27. The van der Waals surface area contributed by atoms with Gasteiger partial charge in [0, 0.05) is 48.2 Å². The summed E-state index contributed by atoms with van der Waals surface area (Å²) in [6, 6.07) is 7.01. The molecule has 1 heterocycles. The summed E-state index contributed by atoms with van der Waals surface area (Å²) in [6.45, 7) is 3.87. The quantitative estimate of drug-likeness (QED) is 0.211. The van der Waals surface area contributed by atoms with Crippen LogP contribution in [-0.4, -0.2) is 28.8 Å². The molecule has 0 aliphatic heterocycles. The van der Waals surface area contributed by atoms with Crippen LogP contribution in [-0.2, 0) is 19.8 Å². The molecule has 0 atom stereocenters. The van der Waals surface area contributed by atoms with Gasteiger partial charge in [0.25, 0.3) is 5.91 Å². The maximum atomic E-state index is 13.8. The molecule has 1 aliphatic carbocycles. The number of nitrogens with two attached hydrogens (primary N) is 2. The second-order valence-electron chi connectivity index (χ2n) is 10.3. The van der Waals surface area contributed by atoms with Gasteiger partial charge in [0.2, 0.25) is 0 Å². The number of aromatic nitrogens is 2. The van der Waals surface area contributed by atoms with E-state index in [0.717, 1.165) is 49.1 Å². The fourth-order valence-electron chi connectivity index (χ4n) is 5.00. The average molecular weight is 572 g/mol. The summed E-state index contributed by atoms with van der Waals surface area (Å²) in [5.74, 6) is 5.85. The number of anilines is 2. The fourth-order valence-corrected chi connectivity index (χ4v) is 5.00. The lowest BCUT2D eigenvalue weighted by atomic mass is 10.0. The Kier molecular flexibility index (Phi) is 8.93. The van der Waals surface area contributed by atoms with Gasteiger partial charge in [-0.1, -0.05) is 18.9 Å². The molecule has 4 rings (SSSR count). The molecule has 0 spiro atoms. The van der Waals surface area contributed by atoms with E-state index in [1.54, 1.807) is 36.1 Å². The number of methoxy groups -OCH3 is 1. The number of halogens is 3. The van der Waals surface area contributed by atoms with E-state index in [1.165, 1.54) is 18.3 Å². The van der Waals surface area contributed by atoms with Crippen molar-refractivity contribution in [1.29, 1.82) is 0 Å². The van der Waals surface area contributed by atoms with Gasteiger partial charge in [-0.15, -0.1) is 0 Å². The lowest BCUT2D eigenvalue weighted by molar-refractivity contribution is -0.137. The van der Waals surface area contributed by atoms with Gasteiger partial charge in [-0.2, -0.15) is 18.3 Å². The van der Waals surface area contributed by atoms with E-state index in [2.05, 4.69) is 15.7 Å². The number of nitrogens with zero attached hydrogens (tertiary/aromatic N) is 3. The molecule has 0 bridgehead atoms. The Morgan fingerprint density at radius 2 is 1.93 bits per heavy atom. The molecule has 0 saturated heterocycles. The van der Waals surface area contributed by atoms with Crippen molar-refractivity contribution in [2.24, 2.45) is 18.6 Å². The monoisotopic (exact) mass is 571 g/mol. The van der Waals surface area contributed by atoms with E-state index in [-0.39, 0.29) is 29.6 Å². The highest BCUT2D eigenvalue weighted by Gasteiger charge is 2.33. The van der Waals surface area contributed by atoms with Crippen LogP contribution in [0.2, 0.25) is 0 Å². The van der Waals surface area contributed by atoms with Crippen LogP contribution >= 0.6 is 0 Å². The van der Waals surface area contributed by atoms with Gasteiger partial charge in [-0.3, -0.25) is 14.5 Å². The van der Waals surface area contributed by atoms with Crippen molar-refractivity contribution in [3.63, 3.8) is 0 Å². The van der Waals surface area contributed by atoms with E-state index in [9.17, 15) is 18.0 Å². The molecule has 3 aromatic rings. The Bertz CT molecular complexity index is 1440. The van der Waals surface area contributed by atoms with Crippen LogP contribution in [0.1, 0.15) is 64.0 Å². The van der Waals surface area contributed by atoms with Gasteiger partial charge in [0.1, 0.15) is 5.75 Å². The second kappa shape index (κ2) is 12.2. The number of carbonyl (C=O) groups excluding carboxylic acids is 1. The fraction of sp³-hybridized carbons (Fsp3) is 0.379. The van der Waals surface area contributed by atoms with Crippen molar-refractivity contribution in [1.82, 2.24) is 15.1 Å². The summed E-state index contributed by atoms with van der Waals surface area (Å²) in [6.07, 6.45) is 2.66. The smallest absolute Gasteiger partial charge is 0.416 e. The molecule has 6 N–H and O–H groups in total. The molecule has 9 nitrogen and oxygen atoms in total. The Labute approximate surface area is 237 Å². The lowest BCUT2D eigenvalue weighted by Gasteiger charge is -2.21. The summed E-state index contributed by atoms with van der Waals surface area (Å²) < 4.78 is 48.6. The number of benzene rings is 2. The van der Waals surface area contributed by atoms with Crippen molar-refractivity contribution >= 4 is 23.0 Å². The average Bonchev–Trinajstić information content (AvgIpc) is 3.56. The molecule has 1 fully saturated rings. The molecule has 41 heavy (non-hydrogen) atoms. The third-order valence-electron chi connectivity index (χ3n) is 7.46. The van der Waals surface area contributed by atoms with Crippen LogP contribution in [0.15, 0.2) is 42.7 Å². The van der Waals surface area contributed by atoms with Gasteiger partial charge in [-0.05, 0) is 56.5 Å². The zero-order valence-corrected chi connectivity index (χ0v) is 23.6. The predicted octanol–water partition coefficient (Wildman–Crippen LogP) is 4.99. The van der Waals surface area contributed by atoms with E-state index in [1.807, 2.05) is 13.8 Å². The van der Waals surface area contributed by atoms with Crippen LogP contribution in [0.3, 0.4) is 0 Å². The molecule has 0 unspecified atom stereocenters. The van der Waals surface area contributed by atoms with Gasteiger partial charge in [0.15, 0.2) is 0 Å². The number of hydrazine groups is 1. The van der Waals surface area contributed by atoms with Crippen LogP contribution in [0, 0.1) is 13.8 Å². The van der Waals surface area contributed by atoms with Crippen LogP contribution in [0.25, 0.3) is 5.70 Å². The number of amides is 1. The first-order chi connectivity index (χ1) is 19.4. The minimum absolute atomic E-state index is 0.0709. The molecule has 1 aromatic heterocycles. The predicted molar refractivity (Wildman–Crippen MR) is 153 cm³/mol. The van der Waals surface area contributed by atoms with Gasteiger partial charge in [0.05, 0.1) is 35.9 Å². The highest BCUT2D eigenvalue weighted by atomic mass is 19.4. The number of nitrogens with one attached hydrogen (secondary N) is 2. The molecular weight excluding hydrogens is 535 g/mol. The largest absolute Gasteiger partial charge is 0.494 e. The summed E-state index contributed by atoms with van der Waals surface area (Å²) >= 11 is 0. The molecule has 1 saturated carbocycles. The summed E-state index contributed by atoms with van der Waals surface area (Å²) in [5, 5.41) is 11.4. The minimum atomic E-state index is -4.61. The number of carbonyl (C=O) groups is 1. The van der Waals surface area contributed by atoms with Gasteiger partial charge < -0.3 is 21.1 Å². The maximum Gasteiger partial charge on any atom is 0.416 e. The summed E-state index contributed by atoms with van der Waals surface area (Å²) in [7, 11) is 3.17. The third kappa shape index (κ3) is 6.83. The van der Waals surface area contributed by atoms with Crippen molar-refractivity contribution in [2.75, 3.05) is 17.4 Å². The molecule has 1 aliphatic rings. The van der Waals surface area contributed by atoms with Crippen LogP contribution < -0.4 is 32.0 Å². The molecule has 220 valence electrons. The van der Waals surface area contributed by atoms with E-state index in [0.29, 0.717) is 22.5 Å². The van der Waals surface area contributed by atoms with Crippen LogP contribution in [0.4, 0.5) is 24.5 Å². The van der Waals surface area contributed by atoms with Crippen molar-refractivity contribution < 1.29 is 22.7 Å². The van der Waals surface area contributed by atoms with E-state index in [4.69, 9.17) is 16.3 Å². The molecular formula is C29H36F3N7O2. The Balaban J connectivity index is 1.62. The zero-order chi connectivity index (χ0) is 29.9. The first-order valence-corrected chi connectivity index (χ1v) is 13.3. The first kappa shape index (κ1) is 29.9. The van der Waals surface area contributed by atoms with Gasteiger partial charge in [-0.25, -0.2) is 5.84 Å². The maximum absolute atomic E-state index is 13.8. The number of rotatable bonds is 9. The van der Waals surface area contributed by atoms with E-state index < -0.39 is 17.6 Å². The summed E-state index contributed by atoms with van der Waals surface area (Å²) in [4.78, 5) is 13.3. The normalized spacial score (nSPS) is 14.4. The summed E-state index contributed by atoms with van der Waals surface area (Å²) in [5.41, 5.74) is 8.99. The molecule has 2 aromatic carbocycles. The third-order valence-corrected chi connectivity index (χ3v) is 7.46. The first-order valence-electron chi connectivity index (χ1n) is 13.3. The number of aryl methyl sites for hydroxylation is 2. The van der Waals surface area contributed by atoms with Crippen molar-refractivity contribution in [3.05, 3.63) is 76.2 Å². The van der Waals surface area contributed by atoms with E-state index >= 15 is 0 Å².